The average molecular weight is 432 g/mol. The van der Waals surface area contributed by atoms with Crippen LogP contribution >= 0.6 is 23.1 Å². The third kappa shape index (κ3) is 5.84. The van der Waals surface area contributed by atoms with Crippen LogP contribution in [-0.4, -0.2) is 42.5 Å². The molecule has 0 unspecified atom stereocenters. The normalized spacial score (nSPS) is 10.7. The SMILES string of the molecule is CCn1c(CC(=O)Nc2ccc(C)cc2)nnc1SCC(=O)Nc1nnc(C)s1. The van der Waals surface area contributed by atoms with Crippen LogP contribution in [0.1, 0.15) is 23.3 Å². The van der Waals surface area contributed by atoms with Gasteiger partial charge in [-0.15, -0.1) is 20.4 Å². The first-order valence-electron chi connectivity index (χ1n) is 8.96. The number of nitrogens with zero attached hydrogens (tertiary/aromatic N) is 5. The van der Waals surface area contributed by atoms with Gasteiger partial charge in [-0.3, -0.25) is 14.9 Å². The number of aryl methyl sites for hydroxylation is 2. The third-order valence-electron chi connectivity index (χ3n) is 3.87. The molecule has 0 atom stereocenters. The molecule has 0 radical (unpaired) electrons. The highest BCUT2D eigenvalue weighted by Crippen LogP contribution is 2.19. The van der Waals surface area contributed by atoms with Crippen molar-refractivity contribution in [3.8, 4) is 0 Å². The second-order valence-corrected chi connectivity index (χ2v) is 8.32. The van der Waals surface area contributed by atoms with Crippen molar-refractivity contribution in [1.82, 2.24) is 25.0 Å². The number of amides is 2. The molecule has 1 aromatic carbocycles. The van der Waals surface area contributed by atoms with Gasteiger partial charge in [0, 0.05) is 12.2 Å². The van der Waals surface area contributed by atoms with Crippen molar-refractivity contribution in [2.75, 3.05) is 16.4 Å². The van der Waals surface area contributed by atoms with E-state index in [1.54, 1.807) is 0 Å². The van der Waals surface area contributed by atoms with E-state index in [1.807, 2.05) is 49.6 Å². The third-order valence-corrected chi connectivity index (χ3v) is 5.59. The topological polar surface area (TPSA) is 115 Å². The maximum absolute atomic E-state index is 12.3. The summed E-state index contributed by atoms with van der Waals surface area (Å²) < 4.78 is 1.84. The molecule has 0 aliphatic rings. The Morgan fingerprint density at radius 3 is 2.45 bits per heavy atom. The van der Waals surface area contributed by atoms with Crippen LogP contribution in [-0.2, 0) is 22.6 Å². The number of hydrogen-bond donors (Lipinski definition) is 2. The number of carbonyl (C=O) groups is 2. The van der Waals surface area contributed by atoms with Crippen LogP contribution in [0.15, 0.2) is 29.4 Å². The minimum Gasteiger partial charge on any atom is -0.326 e. The monoisotopic (exact) mass is 431 g/mol. The van der Waals surface area contributed by atoms with Crippen LogP contribution in [0.2, 0.25) is 0 Å². The molecule has 0 saturated heterocycles. The molecule has 0 aliphatic carbocycles. The van der Waals surface area contributed by atoms with Crippen molar-refractivity contribution in [2.45, 2.75) is 38.9 Å². The molecule has 11 heteroatoms. The first-order valence-corrected chi connectivity index (χ1v) is 10.8. The fraction of sp³-hybridized carbons (Fsp3) is 0.333. The lowest BCUT2D eigenvalue weighted by atomic mass is 10.2. The van der Waals surface area contributed by atoms with Gasteiger partial charge >= 0.3 is 0 Å². The van der Waals surface area contributed by atoms with Crippen LogP contribution in [0.25, 0.3) is 0 Å². The van der Waals surface area contributed by atoms with Gasteiger partial charge in [0.1, 0.15) is 10.8 Å². The van der Waals surface area contributed by atoms with Crippen molar-refractivity contribution in [2.24, 2.45) is 0 Å². The van der Waals surface area contributed by atoms with E-state index < -0.39 is 0 Å². The van der Waals surface area contributed by atoms with E-state index >= 15 is 0 Å². The van der Waals surface area contributed by atoms with Crippen molar-refractivity contribution < 1.29 is 9.59 Å². The highest BCUT2D eigenvalue weighted by molar-refractivity contribution is 7.99. The van der Waals surface area contributed by atoms with Crippen molar-refractivity contribution in [3.05, 3.63) is 40.7 Å². The lowest BCUT2D eigenvalue weighted by Gasteiger charge is -2.08. The van der Waals surface area contributed by atoms with E-state index in [9.17, 15) is 9.59 Å². The average Bonchev–Trinajstić information content (AvgIpc) is 3.27. The Morgan fingerprint density at radius 2 is 1.79 bits per heavy atom. The zero-order valence-corrected chi connectivity index (χ0v) is 17.9. The Labute approximate surface area is 176 Å². The number of thioether (sulfide) groups is 1. The quantitative estimate of drug-likeness (QED) is 0.527. The van der Waals surface area contributed by atoms with Crippen molar-refractivity contribution in [3.63, 3.8) is 0 Å². The fourth-order valence-corrected chi connectivity index (χ4v) is 3.92. The number of hydrogen-bond acceptors (Lipinski definition) is 8. The van der Waals surface area contributed by atoms with Crippen LogP contribution < -0.4 is 10.6 Å². The van der Waals surface area contributed by atoms with Gasteiger partial charge in [0.15, 0.2) is 5.16 Å². The first kappa shape index (κ1) is 20.9. The number of nitrogens with one attached hydrogen (secondary N) is 2. The van der Waals surface area contributed by atoms with Crippen LogP contribution in [0, 0.1) is 13.8 Å². The summed E-state index contributed by atoms with van der Waals surface area (Å²) in [6, 6.07) is 7.59. The molecule has 0 aliphatic heterocycles. The number of aromatic nitrogens is 5. The maximum atomic E-state index is 12.3. The van der Waals surface area contributed by atoms with E-state index in [0.29, 0.717) is 22.7 Å². The molecule has 9 nitrogen and oxygen atoms in total. The van der Waals surface area contributed by atoms with Gasteiger partial charge < -0.3 is 9.88 Å². The minimum atomic E-state index is -0.199. The van der Waals surface area contributed by atoms with Gasteiger partial charge in [-0.2, -0.15) is 0 Å². The van der Waals surface area contributed by atoms with Gasteiger partial charge in [0.05, 0.1) is 12.2 Å². The van der Waals surface area contributed by atoms with Gasteiger partial charge in [-0.1, -0.05) is 40.8 Å². The summed E-state index contributed by atoms with van der Waals surface area (Å²) in [4.78, 5) is 24.4. The summed E-state index contributed by atoms with van der Waals surface area (Å²) in [5.41, 5.74) is 1.86. The van der Waals surface area contributed by atoms with E-state index in [-0.39, 0.29) is 24.0 Å². The standard InChI is InChI=1S/C18H21N7O2S2/c1-4-25-14(9-15(26)19-13-7-5-11(2)6-8-13)22-24-18(25)28-10-16(27)20-17-23-21-12(3)29-17/h5-8H,4,9-10H2,1-3H3,(H,19,26)(H,20,23,27). The van der Waals surface area contributed by atoms with Crippen LogP contribution in [0.5, 0.6) is 0 Å². The smallest absolute Gasteiger partial charge is 0.236 e. The number of anilines is 2. The first-order chi connectivity index (χ1) is 13.9. The molecular weight excluding hydrogens is 410 g/mol. The Balaban J connectivity index is 1.56. The Bertz CT molecular complexity index is 998. The maximum Gasteiger partial charge on any atom is 0.236 e. The molecule has 29 heavy (non-hydrogen) atoms. The van der Waals surface area contributed by atoms with Gasteiger partial charge in [-0.25, -0.2) is 0 Å². The summed E-state index contributed by atoms with van der Waals surface area (Å²) in [5.74, 6) is 0.346. The molecule has 2 amide bonds. The Kier molecular flexibility index (Phi) is 6.94. The predicted molar refractivity (Wildman–Crippen MR) is 113 cm³/mol. The molecule has 2 aromatic heterocycles. The zero-order valence-electron chi connectivity index (χ0n) is 16.3. The summed E-state index contributed by atoms with van der Waals surface area (Å²) in [6.07, 6.45) is 0.103. The molecular formula is C18H21N7O2S2. The number of benzene rings is 1. The van der Waals surface area contributed by atoms with Crippen LogP contribution in [0.3, 0.4) is 0 Å². The number of rotatable bonds is 8. The lowest BCUT2D eigenvalue weighted by molar-refractivity contribution is -0.116. The summed E-state index contributed by atoms with van der Waals surface area (Å²) in [5, 5.41) is 23.4. The molecule has 3 aromatic rings. The minimum absolute atomic E-state index is 0.103. The molecule has 3 rings (SSSR count). The summed E-state index contributed by atoms with van der Waals surface area (Å²) in [6.45, 7) is 6.35. The number of carbonyl (C=O) groups excluding carboxylic acids is 2. The molecule has 152 valence electrons. The van der Waals surface area contributed by atoms with E-state index in [2.05, 4.69) is 31.0 Å². The Morgan fingerprint density at radius 1 is 1.03 bits per heavy atom. The van der Waals surface area contributed by atoms with Gasteiger partial charge in [0.25, 0.3) is 0 Å². The second-order valence-electron chi connectivity index (χ2n) is 6.20. The van der Waals surface area contributed by atoms with E-state index in [1.165, 1.54) is 23.1 Å². The summed E-state index contributed by atoms with van der Waals surface area (Å²) in [7, 11) is 0. The van der Waals surface area contributed by atoms with Gasteiger partial charge in [-0.05, 0) is 32.9 Å². The van der Waals surface area contributed by atoms with Crippen molar-refractivity contribution >= 4 is 45.7 Å². The molecule has 0 bridgehead atoms. The fourth-order valence-electron chi connectivity index (χ4n) is 2.49. The lowest BCUT2D eigenvalue weighted by Crippen LogP contribution is -2.18. The predicted octanol–water partition coefficient (Wildman–Crippen LogP) is 2.68. The summed E-state index contributed by atoms with van der Waals surface area (Å²) >= 11 is 2.58. The molecule has 0 saturated carbocycles. The van der Waals surface area contributed by atoms with Crippen LogP contribution in [0.4, 0.5) is 10.8 Å². The zero-order chi connectivity index (χ0) is 20.8. The largest absolute Gasteiger partial charge is 0.326 e. The highest BCUT2D eigenvalue weighted by Gasteiger charge is 2.16. The van der Waals surface area contributed by atoms with Gasteiger partial charge in [0.2, 0.25) is 16.9 Å². The molecule has 2 N–H and O–H groups in total. The second kappa shape index (κ2) is 9.61. The van der Waals surface area contributed by atoms with E-state index in [4.69, 9.17) is 0 Å². The van der Waals surface area contributed by atoms with E-state index in [0.717, 1.165) is 16.3 Å². The van der Waals surface area contributed by atoms with Crippen molar-refractivity contribution in [1.29, 1.82) is 0 Å². The molecule has 2 heterocycles. The highest BCUT2D eigenvalue weighted by atomic mass is 32.2. The Hall–Kier alpha value is -2.79. The molecule has 0 fully saturated rings. The molecule has 0 spiro atoms.